The van der Waals surface area contributed by atoms with Crippen molar-refractivity contribution in [3.8, 4) is 0 Å². The van der Waals surface area contributed by atoms with Gasteiger partial charge in [0.15, 0.2) is 0 Å². The predicted molar refractivity (Wildman–Crippen MR) is 49.2 cm³/mol. The first-order chi connectivity index (χ1) is 7.10. The van der Waals surface area contributed by atoms with E-state index < -0.39 is 17.3 Å². The molecular formula is C11H11F3O. The Labute approximate surface area is 85.9 Å². The number of benzene rings is 1. The van der Waals surface area contributed by atoms with Crippen LogP contribution in [-0.4, -0.2) is 13.2 Å². The Morgan fingerprint density at radius 1 is 1.00 bits per heavy atom. The molecule has 0 radical (unpaired) electrons. The molecule has 0 N–H and O–H groups in total. The Balaban J connectivity index is 2.34. The van der Waals surface area contributed by atoms with Gasteiger partial charge in [-0.05, 0) is 17.7 Å². The summed E-state index contributed by atoms with van der Waals surface area (Å²) in [6, 6.07) is 2.84. The Bertz CT molecular complexity index is 339. The Morgan fingerprint density at radius 2 is 1.53 bits per heavy atom. The molecule has 0 unspecified atom stereocenters. The highest BCUT2D eigenvalue weighted by atomic mass is 19.1. The fraction of sp³-hybridized carbons (Fsp3) is 0.455. The van der Waals surface area contributed by atoms with Crippen LogP contribution in [0.3, 0.4) is 0 Å². The van der Waals surface area contributed by atoms with Crippen molar-refractivity contribution in [1.29, 1.82) is 0 Å². The molecule has 1 heterocycles. The van der Waals surface area contributed by atoms with Gasteiger partial charge in [0.2, 0.25) is 0 Å². The quantitative estimate of drug-likeness (QED) is 0.701. The van der Waals surface area contributed by atoms with Crippen molar-refractivity contribution in [2.75, 3.05) is 13.2 Å². The summed E-state index contributed by atoms with van der Waals surface area (Å²) in [6.45, 7) is 0.573. The Kier molecular flexibility index (Phi) is 2.69. The lowest BCUT2D eigenvalue weighted by Gasteiger charge is -2.29. The van der Waals surface area contributed by atoms with Gasteiger partial charge < -0.3 is 4.74 Å². The predicted octanol–water partition coefficient (Wildman–Crippen LogP) is 2.94. The van der Waals surface area contributed by atoms with Gasteiger partial charge in [-0.2, -0.15) is 0 Å². The molecule has 1 fully saturated rings. The van der Waals surface area contributed by atoms with Crippen LogP contribution >= 0.6 is 0 Å². The molecule has 0 atom stereocenters. The van der Waals surface area contributed by atoms with E-state index >= 15 is 0 Å². The molecule has 15 heavy (non-hydrogen) atoms. The molecule has 1 saturated heterocycles. The van der Waals surface area contributed by atoms with Gasteiger partial charge in [-0.1, -0.05) is 0 Å². The molecule has 82 valence electrons. The number of halogens is 3. The second-order valence-electron chi connectivity index (χ2n) is 3.74. The highest BCUT2D eigenvalue weighted by Gasteiger charge is 2.34. The van der Waals surface area contributed by atoms with Crippen LogP contribution in [0.15, 0.2) is 18.2 Å². The summed E-state index contributed by atoms with van der Waals surface area (Å²) in [5.74, 6) is -1.48. The molecular weight excluding hydrogens is 205 g/mol. The van der Waals surface area contributed by atoms with Crippen molar-refractivity contribution in [2.24, 2.45) is 0 Å². The maximum Gasteiger partial charge on any atom is 0.140 e. The second-order valence-corrected chi connectivity index (χ2v) is 3.74. The second kappa shape index (κ2) is 3.85. The van der Waals surface area contributed by atoms with Gasteiger partial charge >= 0.3 is 0 Å². The van der Waals surface area contributed by atoms with Gasteiger partial charge in [0, 0.05) is 32.1 Å². The number of rotatable bonds is 1. The molecule has 0 saturated carbocycles. The van der Waals surface area contributed by atoms with Gasteiger partial charge in [0.1, 0.15) is 17.3 Å². The fourth-order valence-corrected chi connectivity index (χ4v) is 1.80. The largest absolute Gasteiger partial charge is 0.381 e. The molecule has 1 aromatic rings. The van der Waals surface area contributed by atoms with E-state index in [-0.39, 0.29) is 31.6 Å². The summed E-state index contributed by atoms with van der Waals surface area (Å²) in [5.41, 5.74) is -1.58. The summed E-state index contributed by atoms with van der Waals surface area (Å²) in [5, 5.41) is 0. The van der Waals surface area contributed by atoms with Gasteiger partial charge in [0.05, 0.1) is 0 Å². The molecule has 0 bridgehead atoms. The van der Waals surface area contributed by atoms with Crippen molar-refractivity contribution in [3.05, 3.63) is 35.4 Å². The van der Waals surface area contributed by atoms with Gasteiger partial charge in [-0.3, -0.25) is 0 Å². The van der Waals surface area contributed by atoms with Crippen LogP contribution in [0.1, 0.15) is 18.4 Å². The molecule has 1 aliphatic heterocycles. The maximum atomic E-state index is 14.3. The Morgan fingerprint density at radius 3 is 2.07 bits per heavy atom. The van der Waals surface area contributed by atoms with E-state index in [2.05, 4.69) is 0 Å². The van der Waals surface area contributed by atoms with Crippen molar-refractivity contribution >= 4 is 0 Å². The van der Waals surface area contributed by atoms with Crippen LogP contribution in [-0.2, 0) is 10.4 Å². The molecule has 4 heteroatoms. The molecule has 0 amide bonds. The van der Waals surface area contributed by atoms with E-state index in [9.17, 15) is 13.2 Å². The lowest BCUT2D eigenvalue weighted by Crippen LogP contribution is -2.29. The minimum atomic E-state index is -1.65. The average Bonchev–Trinajstić information content (AvgIpc) is 2.17. The van der Waals surface area contributed by atoms with Crippen LogP contribution in [0.5, 0.6) is 0 Å². The zero-order valence-electron chi connectivity index (χ0n) is 8.10. The minimum Gasteiger partial charge on any atom is -0.381 e. The first-order valence-corrected chi connectivity index (χ1v) is 4.83. The first kappa shape index (κ1) is 10.5. The zero-order chi connectivity index (χ0) is 10.9. The van der Waals surface area contributed by atoms with Crippen LogP contribution < -0.4 is 0 Å². The molecule has 1 aliphatic rings. The third kappa shape index (κ3) is 2.15. The monoisotopic (exact) mass is 216 g/mol. The SMILES string of the molecule is Fc1cc(F)cc(C2(F)CCOCC2)c1. The van der Waals surface area contributed by atoms with Crippen LogP contribution in [0.4, 0.5) is 13.2 Å². The van der Waals surface area contributed by atoms with Crippen LogP contribution in [0.2, 0.25) is 0 Å². The van der Waals surface area contributed by atoms with Gasteiger partial charge in [-0.25, -0.2) is 13.2 Å². The molecule has 2 rings (SSSR count). The summed E-state index contributed by atoms with van der Waals surface area (Å²) in [7, 11) is 0. The smallest absolute Gasteiger partial charge is 0.140 e. The molecule has 1 nitrogen and oxygen atoms in total. The van der Waals surface area contributed by atoms with E-state index in [1.165, 1.54) is 0 Å². The van der Waals surface area contributed by atoms with E-state index in [0.717, 1.165) is 18.2 Å². The Hall–Kier alpha value is -1.03. The average molecular weight is 216 g/mol. The van der Waals surface area contributed by atoms with Gasteiger partial charge in [-0.15, -0.1) is 0 Å². The number of alkyl halides is 1. The molecule has 0 aromatic heterocycles. The number of hydrogen-bond donors (Lipinski definition) is 0. The van der Waals surface area contributed by atoms with E-state index in [1.54, 1.807) is 0 Å². The summed E-state index contributed by atoms with van der Waals surface area (Å²) in [6.07, 6.45) is 0.297. The first-order valence-electron chi connectivity index (χ1n) is 4.83. The van der Waals surface area contributed by atoms with Crippen LogP contribution in [0.25, 0.3) is 0 Å². The topological polar surface area (TPSA) is 9.23 Å². The van der Waals surface area contributed by atoms with E-state index in [0.29, 0.717) is 0 Å². The van der Waals surface area contributed by atoms with E-state index in [1.807, 2.05) is 0 Å². The van der Waals surface area contributed by atoms with E-state index in [4.69, 9.17) is 4.74 Å². The molecule has 0 aliphatic carbocycles. The third-order valence-corrected chi connectivity index (χ3v) is 2.67. The van der Waals surface area contributed by atoms with Crippen molar-refractivity contribution in [2.45, 2.75) is 18.5 Å². The molecule has 1 aromatic carbocycles. The summed E-state index contributed by atoms with van der Waals surface area (Å²) >= 11 is 0. The summed E-state index contributed by atoms with van der Waals surface area (Å²) in [4.78, 5) is 0. The minimum absolute atomic E-state index is 0.0725. The highest BCUT2D eigenvalue weighted by molar-refractivity contribution is 5.24. The zero-order valence-corrected chi connectivity index (χ0v) is 8.10. The third-order valence-electron chi connectivity index (χ3n) is 2.67. The fourth-order valence-electron chi connectivity index (χ4n) is 1.80. The standard InChI is InChI=1S/C11H11F3O/c12-9-5-8(6-10(13)7-9)11(14)1-3-15-4-2-11/h5-7H,1-4H2. The van der Waals surface area contributed by atoms with Crippen LogP contribution in [0, 0.1) is 11.6 Å². The lowest BCUT2D eigenvalue weighted by molar-refractivity contribution is -0.0118. The molecule has 0 spiro atoms. The van der Waals surface area contributed by atoms with Gasteiger partial charge in [0.25, 0.3) is 0 Å². The lowest BCUT2D eigenvalue weighted by atomic mass is 9.88. The van der Waals surface area contributed by atoms with Crippen molar-refractivity contribution in [3.63, 3.8) is 0 Å². The normalized spacial score (nSPS) is 20.2. The maximum absolute atomic E-state index is 14.3. The number of hydrogen-bond acceptors (Lipinski definition) is 1. The van der Waals surface area contributed by atoms with Crippen molar-refractivity contribution < 1.29 is 17.9 Å². The highest BCUT2D eigenvalue weighted by Crippen LogP contribution is 2.36. The number of ether oxygens (including phenoxy) is 1. The van der Waals surface area contributed by atoms with Crippen molar-refractivity contribution in [1.82, 2.24) is 0 Å². The summed E-state index contributed by atoms with van der Waals surface area (Å²) < 4.78 is 45.1.